The zero-order chi connectivity index (χ0) is 17.7. The van der Waals surface area contributed by atoms with E-state index < -0.39 is 20.6 Å². The highest BCUT2D eigenvalue weighted by atomic mass is 32.2. The summed E-state index contributed by atoms with van der Waals surface area (Å²) in [6.45, 7) is 1.90. The minimum atomic E-state index is -2.87. The van der Waals surface area contributed by atoms with Gasteiger partial charge in [0.1, 0.15) is 0 Å². The molecule has 1 unspecified atom stereocenters. The lowest BCUT2D eigenvalue weighted by Crippen LogP contribution is -2.01. The number of amides is 1. The standard InChI is InChI=1S/C17H16N2O4S/c1-13-7-10-15(11-8-13)24(2,23)18-17(20)12-9-14-5-3-4-6-16(14)19(21)22/h3-12H,1-2H3/b12-9+. The van der Waals surface area contributed by atoms with Gasteiger partial charge in [0.05, 0.1) is 20.2 Å². The number of carbonyl (C=O) groups is 1. The van der Waals surface area contributed by atoms with Gasteiger partial charge in [-0.05, 0) is 31.2 Å². The van der Waals surface area contributed by atoms with E-state index in [1.807, 2.05) is 6.92 Å². The van der Waals surface area contributed by atoms with Gasteiger partial charge in [0.25, 0.3) is 11.6 Å². The van der Waals surface area contributed by atoms with Gasteiger partial charge in [0.2, 0.25) is 0 Å². The maximum absolute atomic E-state index is 12.6. The monoisotopic (exact) mass is 344 g/mol. The van der Waals surface area contributed by atoms with Gasteiger partial charge in [-0.15, -0.1) is 0 Å². The number of nitro benzene ring substituents is 1. The summed E-state index contributed by atoms with van der Waals surface area (Å²) in [5, 5.41) is 10.9. The van der Waals surface area contributed by atoms with Crippen LogP contribution >= 0.6 is 0 Å². The SMILES string of the molecule is Cc1ccc(S(C)(=O)=NC(=O)/C=C/c2ccccc2[N+](=O)[O-])cc1. The molecule has 2 aromatic rings. The van der Waals surface area contributed by atoms with E-state index in [1.165, 1.54) is 30.5 Å². The molecule has 0 radical (unpaired) electrons. The molecule has 0 aliphatic rings. The van der Waals surface area contributed by atoms with Crippen molar-refractivity contribution in [2.75, 3.05) is 6.26 Å². The third-order valence-electron chi connectivity index (χ3n) is 3.26. The van der Waals surface area contributed by atoms with Gasteiger partial charge in [-0.3, -0.25) is 14.9 Å². The molecule has 1 atom stereocenters. The first-order chi connectivity index (χ1) is 11.3. The molecule has 2 rings (SSSR count). The lowest BCUT2D eigenvalue weighted by molar-refractivity contribution is -0.385. The molecule has 1 amide bonds. The Hall–Kier alpha value is -2.80. The van der Waals surface area contributed by atoms with Crippen LogP contribution in [0.3, 0.4) is 0 Å². The quantitative estimate of drug-likeness (QED) is 0.481. The number of hydrogen-bond donors (Lipinski definition) is 0. The number of nitrogens with zero attached hydrogens (tertiary/aromatic N) is 2. The number of benzene rings is 2. The second-order valence-corrected chi connectivity index (χ2v) is 7.45. The first-order valence-electron chi connectivity index (χ1n) is 7.04. The molecule has 0 saturated carbocycles. The van der Waals surface area contributed by atoms with E-state index in [0.29, 0.717) is 4.90 Å². The molecule has 0 aliphatic heterocycles. The third kappa shape index (κ3) is 4.36. The molecule has 0 aromatic heterocycles. The molecule has 0 fully saturated rings. The van der Waals surface area contributed by atoms with Crippen LogP contribution < -0.4 is 0 Å². The topological polar surface area (TPSA) is 89.6 Å². The Kier molecular flexibility index (Phi) is 5.25. The zero-order valence-electron chi connectivity index (χ0n) is 13.2. The summed E-state index contributed by atoms with van der Waals surface area (Å²) in [6.07, 6.45) is 3.77. The summed E-state index contributed by atoms with van der Waals surface area (Å²) in [4.78, 5) is 22.8. The molecule has 124 valence electrons. The van der Waals surface area contributed by atoms with Crippen LogP contribution in [-0.2, 0) is 14.5 Å². The van der Waals surface area contributed by atoms with Crippen LogP contribution in [0.25, 0.3) is 6.08 Å². The summed E-state index contributed by atoms with van der Waals surface area (Å²) < 4.78 is 16.3. The number of nitro groups is 1. The lowest BCUT2D eigenvalue weighted by Gasteiger charge is -2.03. The van der Waals surface area contributed by atoms with E-state index in [0.717, 1.165) is 11.6 Å². The maximum atomic E-state index is 12.6. The second-order valence-electron chi connectivity index (χ2n) is 5.19. The van der Waals surface area contributed by atoms with Crippen molar-refractivity contribution in [3.8, 4) is 0 Å². The molecule has 6 nitrogen and oxygen atoms in total. The Morgan fingerprint density at radius 2 is 1.79 bits per heavy atom. The van der Waals surface area contributed by atoms with Crippen LogP contribution in [0.4, 0.5) is 5.69 Å². The van der Waals surface area contributed by atoms with E-state index in [-0.39, 0.29) is 11.3 Å². The highest BCUT2D eigenvalue weighted by molar-refractivity contribution is 7.93. The Balaban J connectivity index is 2.28. The number of aryl methyl sites for hydroxylation is 1. The molecule has 0 saturated heterocycles. The molecule has 2 aromatic carbocycles. The van der Waals surface area contributed by atoms with Crippen molar-refractivity contribution >= 4 is 27.4 Å². The number of rotatable bonds is 4. The summed E-state index contributed by atoms with van der Waals surface area (Å²) in [7, 11) is -2.87. The van der Waals surface area contributed by atoms with Crippen LogP contribution in [-0.4, -0.2) is 21.3 Å². The van der Waals surface area contributed by atoms with Gasteiger partial charge in [0.15, 0.2) is 0 Å². The average Bonchev–Trinajstić information content (AvgIpc) is 2.53. The number of carbonyl (C=O) groups excluding carboxylic acids is 1. The van der Waals surface area contributed by atoms with E-state index >= 15 is 0 Å². The molecule has 0 aliphatic carbocycles. The first kappa shape index (κ1) is 17.6. The summed E-state index contributed by atoms with van der Waals surface area (Å²) in [5.74, 6) is -0.707. The van der Waals surface area contributed by atoms with Gasteiger partial charge >= 0.3 is 0 Å². The molecule has 0 heterocycles. The third-order valence-corrected chi connectivity index (χ3v) is 4.94. The minimum Gasteiger partial charge on any atom is -0.267 e. The van der Waals surface area contributed by atoms with Gasteiger partial charge in [-0.25, -0.2) is 4.21 Å². The van der Waals surface area contributed by atoms with Crippen molar-refractivity contribution in [3.05, 3.63) is 75.8 Å². The van der Waals surface area contributed by atoms with Crippen molar-refractivity contribution in [2.24, 2.45) is 4.36 Å². The smallest absolute Gasteiger partial charge is 0.267 e. The molecule has 0 spiro atoms. The lowest BCUT2D eigenvalue weighted by atomic mass is 10.1. The van der Waals surface area contributed by atoms with E-state index in [1.54, 1.807) is 30.3 Å². The van der Waals surface area contributed by atoms with Crippen molar-refractivity contribution < 1.29 is 13.9 Å². The summed E-state index contributed by atoms with van der Waals surface area (Å²) in [6, 6.07) is 13.0. The number of para-hydroxylation sites is 1. The predicted octanol–water partition coefficient (Wildman–Crippen LogP) is 3.60. The van der Waals surface area contributed by atoms with Gasteiger partial charge in [-0.2, -0.15) is 4.36 Å². The van der Waals surface area contributed by atoms with Crippen molar-refractivity contribution in [1.29, 1.82) is 0 Å². The Morgan fingerprint density at radius 1 is 1.17 bits per heavy atom. The van der Waals surface area contributed by atoms with E-state index in [2.05, 4.69) is 4.36 Å². The first-order valence-corrected chi connectivity index (χ1v) is 8.96. The average molecular weight is 344 g/mol. The molecule has 7 heteroatoms. The van der Waals surface area contributed by atoms with E-state index in [9.17, 15) is 19.1 Å². The Labute approximate surface area is 140 Å². The maximum Gasteiger partial charge on any atom is 0.278 e. The summed E-state index contributed by atoms with van der Waals surface area (Å²) in [5.41, 5.74) is 1.18. The Morgan fingerprint density at radius 3 is 2.42 bits per heavy atom. The highest BCUT2D eigenvalue weighted by Gasteiger charge is 2.11. The number of hydrogen-bond acceptors (Lipinski definition) is 4. The van der Waals surface area contributed by atoms with Crippen LogP contribution in [0.1, 0.15) is 11.1 Å². The Bertz CT molecular complexity index is 924. The van der Waals surface area contributed by atoms with Crippen molar-refractivity contribution in [1.82, 2.24) is 0 Å². The van der Waals surface area contributed by atoms with Gasteiger partial charge in [-0.1, -0.05) is 29.8 Å². The zero-order valence-corrected chi connectivity index (χ0v) is 14.0. The molecular weight excluding hydrogens is 328 g/mol. The van der Waals surface area contributed by atoms with Crippen LogP contribution in [0.15, 0.2) is 63.9 Å². The molecular formula is C17H16N2O4S. The fourth-order valence-corrected chi connectivity index (χ4v) is 3.15. The van der Waals surface area contributed by atoms with Crippen LogP contribution in [0, 0.1) is 17.0 Å². The predicted molar refractivity (Wildman–Crippen MR) is 93.1 cm³/mol. The fourth-order valence-electron chi connectivity index (χ4n) is 2.00. The van der Waals surface area contributed by atoms with Crippen molar-refractivity contribution in [2.45, 2.75) is 11.8 Å². The van der Waals surface area contributed by atoms with Gasteiger partial charge < -0.3 is 0 Å². The van der Waals surface area contributed by atoms with Crippen LogP contribution in [0.5, 0.6) is 0 Å². The minimum absolute atomic E-state index is 0.114. The fraction of sp³-hybridized carbons (Fsp3) is 0.118. The van der Waals surface area contributed by atoms with Crippen LogP contribution in [0.2, 0.25) is 0 Å². The molecule has 24 heavy (non-hydrogen) atoms. The van der Waals surface area contributed by atoms with E-state index in [4.69, 9.17) is 0 Å². The molecule has 0 N–H and O–H groups in total. The second kappa shape index (κ2) is 7.18. The molecule has 0 bridgehead atoms. The largest absolute Gasteiger partial charge is 0.278 e. The van der Waals surface area contributed by atoms with Gasteiger partial charge in [0, 0.05) is 23.3 Å². The normalized spacial score (nSPS) is 13.4. The highest BCUT2D eigenvalue weighted by Crippen LogP contribution is 2.19. The summed E-state index contributed by atoms with van der Waals surface area (Å²) >= 11 is 0. The van der Waals surface area contributed by atoms with Crippen molar-refractivity contribution in [3.63, 3.8) is 0 Å².